The van der Waals surface area contributed by atoms with Gasteiger partial charge in [0.1, 0.15) is 0 Å². The highest BCUT2D eigenvalue weighted by molar-refractivity contribution is 8.02. The maximum absolute atomic E-state index is 14.0. The van der Waals surface area contributed by atoms with Gasteiger partial charge in [-0.1, -0.05) is 56.9 Å². The quantitative estimate of drug-likeness (QED) is 0.594. The lowest BCUT2D eigenvalue weighted by Crippen LogP contribution is -2.35. The van der Waals surface area contributed by atoms with E-state index < -0.39 is 19.9 Å². The van der Waals surface area contributed by atoms with Crippen LogP contribution in [0.25, 0.3) is 0 Å². The molecule has 0 amide bonds. The highest BCUT2D eigenvalue weighted by atomic mass is 32.3. The molecule has 1 unspecified atom stereocenters. The number of rotatable bonds is 7. The van der Waals surface area contributed by atoms with Crippen molar-refractivity contribution in [3.8, 4) is 0 Å². The van der Waals surface area contributed by atoms with Crippen LogP contribution in [-0.2, 0) is 24.7 Å². The third-order valence-corrected chi connectivity index (χ3v) is 9.13. The summed E-state index contributed by atoms with van der Waals surface area (Å²) in [6, 6.07) is 12.8. The molecule has 0 saturated heterocycles. The van der Waals surface area contributed by atoms with E-state index in [-0.39, 0.29) is 16.7 Å². The van der Waals surface area contributed by atoms with E-state index in [4.69, 9.17) is 0 Å². The summed E-state index contributed by atoms with van der Waals surface area (Å²) in [7, 11) is -7.67. The van der Waals surface area contributed by atoms with Gasteiger partial charge in [-0.15, -0.1) is 0 Å². The molecule has 0 aromatic heterocycles. The molecule has 2 atom stereocenters. The minimum Gasteiger partial charge on any atom is -0.295 e. The standard InChI is InChI=1S/C24H28N2O4S2/c1-18-7-13-23(14-8-18)31(28,26-32(29,30)24-15-9-19(2)10-16-24)25-22-6-4-5-21(17-22)12-11-20(3)27/h7-17,22H,4-6H2,1-3H3,(H,25,26,28)/b12-11+/t22-,31?/m1/s1. The van der Waals surface area contributed by atoms with Crippen molar-refractivity contribution in [2.45, 2.75) is 55.9 Å². The highest BCUT2D eigenvalue weighted by Gasteiger charge is 2.24. The Hall–Kier alpha value is -2.55. The van der Waals surface area contributed by atoms with Crippen LogP contribution in [0.3, 0.4) is 0 Å². The van der Waals surface area contributed by atoms with Gasteiger partial charge in [-0.05, 0) is 70.4 Å². The number of nitrogens with zero attached hydrogens (tertiary/aromatic N) is 1. The van der Waals surface area contributed by atoms with Crippen LogP contribution in [0, 0.1) is 13.8 Å². The third kappa shape index (κ3) is 6.25. The average Bonchev–Trinajstić information content (AvgIpc) is 2.73. The van der Waals surface area contributed by atoms with Crippen molar-refractivity contribution in [3.05, 3.63) is 83.5 Å². The van der Waals surface area contributed by atoms with Crippen molar-refractivity contribution in [1.29, 1.82) is 0 Å². The number of sulfonamides is 1. The molecule has 32 heavy (non-hydrogen) atoms. The topological polar surface area (TPSA) is 92.7 Å². The zero-order chi connectivity index (χ0) is 23.4. The summed E-state index contributed by atoms with van der Waals surface area (Å²) in [6.45, 7) is 5.24. The lowest BCUT2D eigenvalue weighted by Gasteiger charge is -2.23. The van der Waals surface area contributed by atoms with Crippen LogP contribution < -0.4 is 4.72 Å². The van der Waals surface area contributed by atoms with Gasteiger partial charge in [-0.2, -0.15) is 8.42 Å². The summed E-state index contributed by atoms with van der Waals surface area (Å²) < 4.78 is 47.0. The second-order valence-electron chi connectivity index (χ2n) is 8.00. The van der Waals surface area contributed by atoms with Crippen molar-refractivity contribution < 1.29 is 17.4 Å². The van der Waals surface area contributed by atoms with Crippen LogP contribution in [0.5, 0.6) is 0 Å². The molecule has 0 fully saturated rings. The number of carbonyl (C=O) groups excluding carboxylic acids is 1. The third-order valence-electron chi connectivity index (χ3n) is 5.10. The van der Waals surface area contributed by atoms with Crippen molar-refractivity contribution in [3.63, 3.8) is 0 Å². The van der Waals surface area contributed by atoms with Crippen molar-refractivity contribution >= 4 is 25.7 Å². The second-order valence-corrected chi connectivity index (χ2v) is 11.8. The Morgan fingerprint density at radius 3 is 2.09 bits per heavy atom. The normalized spacial score (nSPS) is 18.7. The van der Waals surface area contributed by atoms with E-state index in [1.54, 1.807) is 42.5 Å². The van der Waals surface area contributed by atoms with Gasteiger partial charge >= 0.3 is 0 Å². The zero-order valence-electron chi connectivity index (χ0n) is 18.4. The van der Waals surface area contributed by atoms with Gasteiger partial charge in [0.25, 0.3) is 10.0 Å². The van der Waals surface area contributed by atoms with Gasteiger partial charge in [0.15, 0.2) is 15.7 Å². The van der Waals surface area contributed by atoms with E-state index in [1.165, 1.54) is 25.1 Å². The van der Waals surface area contributed by atoms with Gasteiger partial charge < -0.3 is 0 Å². The molecule has 170 valence electrons. The summed E-state index contributed by atoms with van der Waals surface area (Å²) in [4.78, 5) is 11.6. The molecule has 0 heterocycles. The maximum atomic E-state index is 14.0. The van der Waals surface area contributed by atoms with E-state index in [0.717, 1.165) is 29.5 Å². The lowest BCUT2D eigenvalue weighted by molar-refractivity contribution is -0.112. The zero-order valence-corrected chi connectivity index (χ0v) is 20.1. The summed E-state index contributed by atoms with van der Waals surface area (Å²) in [5, 5.41) is 0. The molecule has 6 nitrogen and oxygen atoms in total. The van der Waals surface area contributed by atoms with Crippen LogP contribution in [0.2, 0.25) is 0 Å². The first-order valence-corrected chi connectivity index (χ1v) is 13.4. The molecule has 8 heteroatoms. The average molecular weight is 473 g/mol. The predicted octanol–water partition coefficient (Wildman–Crippen LogP) is 4.65. The maximum Gasteiger partial charge on any atom is 0.291 e. The minimum absolute atomic E-state index is 0.00555. The van der Waals surface area contributed by atoms with E-state index >= 15 is 0 Å². The first kappa shape index (κ1) is 24.1. The number of carbonyl (C=O) groups is 1. The molecule has 1 N–H and O–H groups in total. The predicted molar refractivity (Wildman–Crippen MR) is 127 cm³/mol. The van der Waals surface area contributed by atoms with Gasteiger partial charge in [0, 0.05) is 6.04 Å². The van der Waals surface area contributed by atoms with E-state index in [9.17, 15) is 17.4 Å². The fraction of sp³-hybridized carbons (Fsp3) is 0.292. The molecule has 0 radical (unpaired) electrons. The molecule has 3 rings (SSSR count). The molecule has 1 aliphatic carbocycles. The van der Waals surface area contributed by atoms with Crippen molar-refractivity contribution in [2.24, 2.45) is 3.77 Å². The number of hydrogen-bond acceptors (Lipinski definition) is 4. The molecule has 2 aromatic carbocycles. The second kappa shape index (κ2) is 9.94. The Morgan fingerprint density at radius 1 is 0.969 bits per heavy atom. The Labute approximate surface area is 190 Å². The summed E-state index contributed by atoms with van der Waals surface area (Å²) in [5.41, 5.74) is 2.82. The van der Waals surface area contributed by atoms with Crippen molar-refractivity contribution in [2.75, 3.05) is 0 Å². The SMILES string of the molecule is CC(=O)/C=C/C1=C[C@H](NS(=O)(=NS(=O)(=O)c2ccc(C)cc2)c2ccc(C)cc2)CCC1. The summed E-state index contributed by atoms with van der Waals surface area (Å²) in [5.74, 6) is -0.0522. The lowest BCUT2D eigenvalue weighted by atomic mass is 9.96. The molecule has 0 bridgehead atoms. The number of benzene rings is 2. The van der Waals surface area contributed by atoms with E-state index in [0.29, 0.717) is 11.3 Å². The Bertz CT molecular complexity index is 1270. The molecule has 0 saturated carbocycles. The fourth-order valence-electron chi connectivity index (χ4n) is 3.36. The summed E-state index contributed by atoms with van der Waals surface area (Å²) >= 11 is 0. The van der Waals surface area contributed by atoms with E-state index in [2.05, 4.69) is 8.49 Å². The molecular formula is C24H28N2O4S2. The van der Waals surface area contributed by atoms with Gasteiger partial charge in [-0.25, -0.2) is 8.93 Å². The van der Waals surface area contributed by atoms with E-state index in [1.807, 2.05) is 19.9 Å². The highest BCUT2D eigenvalue weighted by Crippen LogP contribution is 2.24. The van der Waals surface area contributed by atoms with Crippen LogP contribution in [0.15, 0.2) is 85.9 Å². The number of allylic oxidation sites excluding steroid dienone is 3. The van der Waals surface area contributed by atoms with Crippen molar-refractivity contribution in [1.82, 2.24) is 4.72 Å². The minimum atomic E-state index is -4.17. The van der Waals surface area contributed by atoms with Crippen LogP contribution in [-0.4, -0.2) is 24.5 Å². The monoisotopic (exact) mass is 472 g/mol. The van der Waals surface area contributed by atoms with Gasteiger partial charge in [-0.3, -0.25) is 4.79 Å². The van der Waals surface area contributed by atoms with Crippen LogP contribution in [0.4, 0.5) is 0 Å². The number of aryl methyl sites for hydroxylation is 2. The number of hydrogen-bond donors (Lipinski definition) is 1. The molecule has 0 spiro atoms. The fourth-order valence-corrected chi connectivity index (χ4v) is 7.04. The van der Waals surface area contributed by atoms with Gasteiger partial charge in [0.2, 0.25) is 0 Å². The largest absolute Gasteiger partial charge is 0.295 e. The molecule has 0 aliphatic heterocycles. The number of nitrogens with one attached hydrogen (secondary N) is 1. The van der Waals surface area contributed by atoms with Crippen LogP contribution in [0.1, 0.15) is 37.3 Å². The smallest absolute Gasteiger partial charge is 0.291 e. The Morgan fingerprint density at radius 2 is 1.53 bits per heavy atom. The Kier molecular flexibility index (Phi) is 7.48. The van der Waals surface area contributed by atoms with Crippen LogP contribution >= 0.6 is 0 Å². The first-order chi connectivity index (χ1) is 15.1. The number of ketones is 1. The summed E-state index contributed by atoms with van der Waals surface area (Å²) in [6.07, 6.45) is 7.44. The molecule has 2 aromatic rings. The van der Waals surface area contributed by atoms with Gasteiger partial charge in [0.05, 0.1) is 9.79 Å². The Balaban J connectivity index is 2.06. The molecule has 1 aliphatic rings. The molecular weight excluding hydrogens is 444 g/mol. The first-order valence-electron chi connectivity index (χ1n) is 10.4.